The van der Waals surface area contributed by atoms with Gasteiger partial charge in [-0.2, -0.15) is 0 Å². The SMILES string of the molecule is C#C.C#C[C@]1(O)CCC2C3C=CC4=CC(=O)CC[C@]4(C)C3=CC[C@@]21C.C#C[C@]1(O)CCC2C3CC=C4C=C(OC)CC[C@]4(C)C3=CC[C@@]21C.C=C[C@]1(O)CCC2C3C=CC4=CC(=O)CC[C@]4(C)C3=CC[C@@]21C.COC1=CC2=CCC3C(=CC[C@]4(C)C(=O)CCC34)[C@@]2(C)CC1.C[C@]12CCC(=O)C=C1C=CC1C2=CC[C@@]2(C)C1CC[C@@]21CCC(=O)O1.Cc1ccco1.[C-]#[O+].[HH]. The second kappa shape index (κ2) is 33.8. The summed E-state index contributed by atoms with van der Waals surface area (Å²) in [6.45, 7) is 33.2. The van der Waals surface area contributed by atoms with Crippen LogP contribution in [0.1, 0.15) is 263 Å². The van der Waals surface area contributed by atoms with Crippen molar-refractivity contribution in [2.24, 2.45) is 113 Å². The number of hydrogen-bond donors (Lipinski definition) is 3. The minimum Gasteiger partial charge on any atom is 0 e. The van der Waals surface area contributed by atoms with E-state index in [1.807, 2.05) is 37.3 Å². The molecule has 21 aliphatic rings. The summed E-state index contributed by atoms with van der Waals surface area (Å²) in [4.78, 5) is 59.7. The minimum atomic E-state index is -0.993. The van der Waals surface area contributed by atoms with Crippen LogP contribution in [-0.2, 0) is 42.8 Å². The molecule has 0 aromatic carbocycles. The van der Waals surface area contributed by atoms with E-state index in [0.717, 1.165) is 177 Å². The second-order valence-electron chi connectivity index (χ2n) is 43.5. The van der Waals surface area contributed by atoms with E-state index in [1.165, 1.54) is 39.0 Å². The van der Waals surface area contributed by atoms with Crippen molar-refractivity contribution in [2.75, 3.05) is 14.2 Å². The first-order valence-corrected chi connectivity index (χ1v) is 47.6. The predicted molar refractivity (Wildman–Crippen MR) is 499 cm³/mol. The number of Topliss-reactive ketones (excluding diaryl/α,β-unsaturated/α-hetero) is 1. The van der Waals surface area contributed by atoms with E-state index >= 15 is 0 Å². The number of ether oxygens (including phenoxy) is 3. The summed E-state index contributed by atoms with van der Waals surface area (Å²) in [6, 6.07) is 3.79. The molecule has 1 aromatic rings. The first kappa shape index (κ1) is 92.9. The minimum absolute atomic E-state index is 0. The van der Waals surface area contributed by atoms with Gasteiger partial charge in [0, 0.05) is 118 Å². The molecule has 1 aliphatic heterocycles. The summed E-state index contributed by atoms with van der Waals surface area (Å²) in [5, 5.41) is 33.0. The molecular weight excluding hydrogens is 1580 g/mol. The molecule has 1 aromatic heterocycles. The summed E-state index contributed by atoms with van der Waals surface area (Å²) in [5.74, 6) is 14.5. The van der Waals surface area contributed by atoms with Gasteiger partial charge in [0.2, 0.25) is 0 Å². The molecule has 2 heterocycles. The van der Waals surface area contributed by atoms with Crippen LogP contribution in [0.5, 0.6) is 0 Å². The molecule has 1 spiro atoms. The van der Waals surface area contributed by atoms with Crippen molar-refractivity contribution in [3.8, 4) is 37.5 Å². The third kappa shape index (κ3) is 14.4. The van der Waals surface area contributed by atoms with Gasteiger partial charge in [-0.3, -0.25) is 24.0 Å². The smallest absolute Gasteiger partial charge is 0 e. The van der Waals surface area contributed by atoms with E-state index in [1.54, 1.807) is 37.7 Å². The number of allylic oxidation sites excluding steroid dienone is 30. The van der Waals surface area contributed by atoms with Gasteiger partial charge in [0.15, 0.2) is 17.3 Å². The van der Waals surface area contributed by atoms with E-state index in [2.05, 4.69) is 198 Å². The molecule has 6 fully saturated rings. The fourth-order valence-electron chi connectivity index (χ4n) is 29.9. The number of ketones is 4. The Morgan fingerprint density at radius 1 is 0.465 bits per heavy atom. The molecule has 24 atom stereocenters. The Kier molecular flexibility index (Phi) is 24.7. The monoisotopic (exact) mass is 1720 g/mol. The van der Waals surface area contributed by atoms with Crippen LogP contribution in [0, 0.1) is 164 Å². The van der Waals surface area contributed by atoms with Crippen LogP contribution in [0.2, 0.25) is 0 Å². The number of esters is 1. The topological polar surface area (TPSA) is 207 Å². The number of methoxy groups -OCH3 is 2. The Balaban J connectivity index is 0.000000126. The number of hydrogen-bond acceptors (Lipinski definition) is 12. The molecule has 0 radical (unpaired) electrons. The van der Waals surface area contributed by atoms with Crippen LogP contribution in [-0.4, -0.2) is 81.0 Å². The molecular formula is C114H140O13. The number of carbonyl (C=O) groups is 5. The van der Waals surface area contributed by atoms with Gasteiger partial charge < -0.3 is 33.9 Å². The van der Waals surface area contributed by atoms with E-state index < -0.39 is 16.8 Å². The number of fused-ring (bicyclic) bond motifs is 26. The van der Waals surface area contributed by atoms with Crippen LogP contribution >= 0.6 is 0 Å². The third-order valence-corrected chi connectivity index (χ3v) is 38.5. The third-order valence-electron chi connectivity index (χ3n) is 38.5. The van der Waals surface area contributed by atoms with Crippen molar-refractivity contribution in [2.45, 2.75) is 285 Å². The Morgan fingerprint density at radius 2 is 0.858 bits per heavy atom. The van der Waals surface area contributed by atoms with Crippen molar-refractivity contribution >= 4 is 29.1 Å². The quantitative estimate of drug-likeness (QED) is 0.0850. The Bertz CT molecular complexity index is 5310. The largest absolute Gasteiger partial charge is 0 e. The molecule has 13 nitrogen and oxygen atoms in total. The van der Waals surface area contributed by atoms with Gasteiger partial charge in [0.25, 0.3) is 0 Å². The average Bonchev–Trinajstić information content (AvgIpc) is 1.52. The predicted octanol–water partition coefficient (Wildman–Crippen LogP) is 23.0. The molecule has 5 saturated carbocycles. The van der Waals surface area contributed by atoms with Crippen molar-refractivity contribution < 1.29 is 64.0 Å². The van der Waals surface area contributed by atoms with Gasteiger partial charge in [0.1, 0.15) is 28.3 Å². The summed E-state index contributed by atoms with van der Waals surface area (Å²) >= 11 is 0. The number of aliphatic hydroxyl groups is 3. The zero-order chi connectivity index (χ0) is 91.5. The van der Waals surface area contributed by atoms with Crippen molar-refractivity contribution in [3.05, 3.63) is 220 Å². The average molecular weight is 1720 g/mol. The number of carbonyl (C=O) groups excluding carboxylic acids is 5. The van der Waals surface area contributed by atoms with Crippen LogP contribution < -0.4 is 0 Å². The van der Waals surface area contributed by atoms with E-state index in [4.69, 9.17) is 36.1 Å². The fourth-order valence-corrected chi connectivity index (χ4v) is 29.9. The normalized spacial score (nSPS) is 43.5. The fraction of sp³-hybridized carbons (Fsp3) is 0.579. The van der Waals surface area contributed by atoms with Gasteiger partial charge in [-0.05, 0) is 260 Å². The number of terminal acetylenes is 3. The van der Waals surface area contributed by atoms with Crippen LogP contribution in [0.15, 0.2) is 212 Å². The van der Waals surface area contributed by atoms with Gasteiger partial charge in [-0.15, -0.1) is 32.3 Å². The Morgan fingerprint density at radius 3 is 1.28 bits per heavy atom. The molecule has 674 valence electrons. The van der Waals surface area contributed by atoms with E-state index in [0.29, 0.717) is 97.1 Å². The standard InChI is InChI=1S/C22H26O3.C22H28O2.C21H26O2.C21H24O2.C20H26O2.C5H6O.C2H2.CO.H2/c1-20-9-5-15(23)13-14(20)3-4-16-17(20)6-10-21(2)18(16)7-11-22(21)12-8-19(24)25-22;1-5-22(23)13-10-19-17-7-6-15-14-16(24-4)8-11-20(15,2)18(17)9-12-21(19,22)3;2*1-4-21(23)12-9-18-16-6-5-14-13-15(22)7-10-19(14,2)17(16)8-11-20(18,21)3;1-19-10-8-14(22-3)12-13(19)4-5-15-16-6-7-18(21)20(16,2)11-9-17(15)19;1-5-3-2-4-6-5;2*1-2;/h3-4,6,13,16,18H,5,7-12H2,1-2H3;1,6,9,14,17,19,23H,7-8,10-13H2,2-4H3;4-6,8,13,16,18,23H,1,7,9-12H2,2-3H3;1,5-6,8,13,16,18,23H,7,9-12H2,2-3H3;4,9,12,15-16H,5-8,10-11H2,1-3H3;2-4H,1H3;1-2H;;1H/t16?,18?,20-,21-,22+;17?,19?,20-,21-,22-;2*16?,18?,19-,20-,21-;15?,16?,19-,20-;;;;/m00000..../s1. The van der Waals surface area contributed by atoms with Crippen LogP contribution in [0.4, 0.5) is 0 Å². The van der Waals surface area contributed by atoms with Crippen molar-refractivity contribution in [3.63, 3.8) is 0 Å². The molecule has 3 N–H and O–H groups in total. The van der Waals surface area contributed by atoms with Gasteiger partial charge in [-0.1, -0.05) is 194 Å². The summed E-state index contributed by atoms with van der Waals surface area (Å²) in [6.07, 6.45) is 89.6. The molecule has 0 amide bonds. The number of furan rings is 1. The van der Waals surface area contributed by atoms with Crippen molar-refractivity contribution in [1.82, 2.24) is 0 Å². The van der Waals surface area contributed by atoms with E-state index in [-0.39, 0.29) is 84.5 Å². The molecule has 10 unspecified atom stereocenters. The Hall–Kier alpha value is -8.83. The number of rotatable bonds is 3. The van der Waals surface area contributed by atoms with Gasteiger partial charge >= 0.3 is 17.3 Å². The molecule has 13 heteroatoms. The van der Waals surface area contributed by atoms with Crippen molar-refractivity contribution in [1.29, 1.82) is 0 Å². The maximum Gasteiger partial charge on any atom is 0 e. The Labute approximate surface area is 758 Å². The summed E-state index contributed by atoms with van der Waals surface area (Å²) < 4.78 is 29.3. The number of aryl methyl sites for hydroxylation is 1. The van der Waals surface area contributed by atoms with E-state index in [9.17, 15) is 39.3 Å². The zero-order valence-corrected chi connectivity index (χ0v) is 77.9. The second-order valence-corrected chi connectivity index (χ2v) is 43.5. The van der Waals surface area contributed by atoms with Gasteiger partial charge in [-0.25, -0.2) is 0 Å². The first-order valence-electron chi connectivity index (χ1n) is 47.6. The summed E-state index contributed by atoms with van der Waals surface area (Å²) in [7, 11) is 3.54. The maximum absolute atomic E-state index is 12.4. The van der Waals surface area contributed by atoms with Crippen LogP contribution in [0.3, 0.4) is 0 Å². The molecule has 0 bridgehead atoms. The van der Waals surface area contributed by atoms with Gasteiger partial charge in [0.05, 0.1) is 37.6 Å². The molecule has 1 saturated heterocycles. The summed E-state index contributed by atoms with van der Waals surface area (Å²) in [5.41, 5.74) is 10.8. The molecule has 127 heavy (non-hydrogen) atoms. The molecule has 22 rings (SSSR count). The van der Waals surface area contributed by atoms with Crippen LogP contribution in [0.25, 0.3) is 0 Å². The molecule has 20 aliphatic carbocycles. The zero-order valence-electron chi connectivity index (χ0n) is 77.9. The first-order chi connectivity index (χ1) is 60.3. The maximum atomic E-state index is 12.4.